The Morgan fingerprint density at radius 2 is 1.84 bits per heavy atom. The van der Waals surface area contributed by atoms with Crippen LogP contribution in [0.15, 0.2) is 47.4 Å². The Balaban J connectivity index is 1.52. The van der Waals surface area contributed by atoms with E-state index in [4.69, 9.17) is 11.6 Å². The molecule has 3 amide bonds. The summed E-state index contributed by atoms with van der Waals surface area (Å²) in [4.78, 5) is 37.5. The lowest BCUT2D eigenvalue weighted by atomic mass is 10.1. The molecule has 2 saturated heterocycles. The molecule has 0 bridgehead atoms. The Morgan fingerprint density at radius 1 is 1.09 bits per heavy atom. The number of carbonyl (C=O) groups is 3. The van der Waals surface area contributed by atoms with Crippen molar-refractivity contribution in [3.63, 3.8) is 0 Å². The molecule has 2 aliphatic rings. The lowest BCUT2D eigenvalue weighted by Crippen LogP contribution is -2.28. The third kappa shape index (κ3) is 4.68. The van der Waals surface area contributed by atoms with Crippen molar-refractivity contribution in [1.82, 2.24) is 9.21 Å². The van der Waals surface area contributed by atoms with Crippen LogP contribution in [0, 0.1) is 0 Å². The van der Waals surface area contributed by atoms with Crippen LogP contribution >= 0.6 is 23.4 Å². The van der Waals surface area contributed by atoms with Gasteiger partial charge in [-0.3, -0.25) is 19.3 Å². The number of imide groups is 1. The third-order valence-corrected chi connectivity index (χ3v) is 8.48. The Bertz CT molecular complexity index is 1180. The summed E-state index contributed by atoms with van der Waals surface area (Å²) in [5.74, 6) is -0.590. The molecule has 2 aliphatic heterocycles. The van der Waals surface area contributed by atoms with Crippen LogP contribution in [0.5, 0.6) is 0 Å². The van der Waals surface area contributed by atoms with Crippen LogP contribution in [-0.2, 0) is 21.4 Å². The zero-order chi connectivity index (χ0) is 22.9. The van der Waals surface area contributed by atoms with Crippen molar-refractivity contribution in [1.29, 1.82) is 0 Å². The lowest BCUT2D eigenvalue weighted by Gasteiger charge is -2.17. The molecule has 0 atom stereocenters. The van der Waals surface area contributed by atoms with Crippen LogP contribution in [0.3, 0.4) is 0 Å². The number of rotatable bonds is 6. The minimum absolute atomic E-state index is 0.0452. The monoisotopic (exact) mass is 493 g/mol. The fraction of sp³-hybridized carbons (Fsp3) is 0.286. The molecule has 2 fully saturated rings. The molecule has 32 heavy (non-hydrogen) atoms. The summed E-state index contributed by atoms with van der Waals surface area (Å²) in [7, 11) is -3.74. The topological polar surface area (TPSA) is 104 Å². The van der Waals surface area contributed by atoms with E-state index in [9.17, 15) is 22.8 Å². The molecule has 2 aromatic carbocycles. The number of nitrogens with one attached hydrogen (secondary N) is 1. The molecule has 11 heteroatoms. The number of hydrogen-bond donors (Lipinski definition) is 1. The summed E-state index contributed by atoms with van der Waals surface area (Å²) >= 11 is 7.11. The molecule has 0 aromatic heterocycles. The highest BCUT2D eigenvalue weighted by molar-refractivity contribution is 8.14. The largest absolute Gasteiger partial charge is 0.322 e. The molecular weight excluding hydrogens is 474 g/mol. The first-order valence-corrected chi connectivity index (χ1v) is 12.7. The first-order chi connectivity index (χ1) is 15.3. The average Bonchev–Trinajstić information content (AvgIpc) is 3.42. The maximum absolute atomic E-state index is 12.9. The molecule has 8 nitrogen and oxygen atoms in total. The number of halogens is 1. The van der Waals surface area contributed by atoms with Crippen LogP contribution in [0.4, 0.5) is 10.5 Å². The van der Waals surface area contributed by atoms with E-state index in [0.717, 1.165) is 29.5 Å². The van der Waals surface area contributed by atoms with E-state index in [2.05, 4.69) is 5.32 Å². The molecule has 4 rings (SSSR count). The first-order valence-electron chi connectivity index (χ1n) is 9.93. The molecule has 0 radical (unpaired) electrons. The van der Waals surface area contributed by atoms with Gasteiger partial charge in [0.25, 0.3) is 11.1 Å². The number of benzene rings is 2. The number of thioether (sulfide) groups is 1. The van der Waals surface area contributed by atoms with Gasteiger partial charge in [-0.15, -0.1) is 0 Å². The fourth-order valence-electron chi connectivity index (χ4n) is 3.58. The van der Waals surface area contributed by atoms with Gasteiger partial charge in [0.15, 0.2) is 0 Å². The number of amides is 3. The van der Waals surface area contributed by atoms with Crippen molar-refractivity contribution in [2.45, 2.75) is 24.3 Å². The van der Waals surface area contributed by atoms with Crippen molar-refractivity contribution in [3.05, 3.63) is 58.6 Å². The fourth-order valence-corrected chi connectivity index (χ4v) is 6.32. The van der Waals surface area contributed by atoms with Crippen LogP contribution in [0.1, 0.15) is 28.8 Å². The zero-order valence-electron chi connectivity index (χ0n) is 16.9. The Hall–Kier alpha value is -2.40. The number of hydrogen-bond acceptors (Lipinski definition) is 6. The average molecular weight is 494 g/mol. The van der Waals surface area contributed by atoms with Gasteiger partial charge < -0.3 is 5.32 Å². The van der Waals surface area contributed by atoms with Gasteiger partial charge in [-0.2, -0.15) is 4.31 Å². The molecular formula is C21H20ClN3O5S2. The predicted molar refractivity (Wildman–Crippen MR) is 122 cm³/mol. The Labute approximate surface area is 195 Å². The van der Waals surface area contributed by atoms with Crippen LogP contribution in [-0.4, -0.2) is 53.5 Å². The van der Waals surface area contributed by atoms with Gasteiger partial charge in [-0.05, 0) is 48.7 Å². The van der Waals surface area contributed by atoms with Gasteiger partial charge in [-0.1, -0.05) is 35.5 Å². The summed E-state index contributed by atoms with van der Waals surface area (Å²) < 4.78 is 27.2. The zero-order valence-corrected chi connectivity index (χ0v) is 19.3. The van der Waals surface area contributed by atoms with Crippen molar-refractivity contribution in [2.24, 2.45) is 0 Å². The quantitative estimate of drug-likeness (QED) is 0.659. The van der Waals surface area contributed by atoms with Crippen LogP contribution < -0.4 is 5.32 Å². The second kappa shape index (κ2) is 9.22. The highest BCUT2D eigenvalue weighted by atomic mass is 35.5. The number of carbonyl (C=O) groups excluding carboxylic acids is 3. The standard InChI is InChI=1S/C21H20ClN3O5S2/c22-17-7-6-16(11-18(17)32(29,30)24-8-1-2-9-24)23-20(27)15-5-3-4-14(10-15)12-25-19(26)13-31-21(25)28/h3-7,10-11H,1-2,8-9,12-13H2,(H,23,27). The van der Waals surface area contributed by atoms with Gasteiger partial charge in [0.05, 0.1) is 17.3 Å². The van der Waals surface area contributed by atoms with Crippen molar-refractivity contribution < 1.29 is 22.8 Å². The molecule has 168 valence electrons. The molecule has 1 N–H and O–H groups in total. The summed E-state index contributed by atoms with van der Waals surface area (Å²) in [6.07, 6.45) is 1.61. The smallest absolute Gasteiger partial charge is 0.289 e. The molecule has 0 unspecified atom stereocenters. The van der Waals surface area contributed by atoms with E-state index in [1.807, 2.05) is 0 Å². The van der Waals surface area contributed by atoms with Gasteiger partial charge in [0, 0.05) is 24.3 Å². The van der Waals surface area contributed by atoms with E-state index in [1.54, 1.807) is 24.3 Å². The Morgan fingerprint density at radius 3 is 2.53 bits per heavy atom. The maximum atomic E-state index is 12.9. The third-order valence-electron chi connectivity index (χ3n) is 5.24. The number of sulfonamides is 1. The summed E-state index contributed by atoms with van der Waals surface area (Å²) in [6.45, 7) is 0.982. The first kappa shape index (κ1) is 22.8. The van der Waals surface area contributed by atoms with E-state index in [0.29, 0.717) is 29.9 Å². The predicted octanol–water partition coefficient (Wildman–Crippen LogP) is 3.57. The van der Waals surface area contributed by atoms with Crippen molar-refractivity contribution in [2.75, 3.05) is 24.2 Å². The van der Waals surface area contributed by atoms with Crippen molar-refractivity contribution in [3.8, 4) is 0 Å². The molecule has 0 saturated carbocycles. The van der Waals surface area contributed by atoms with Gasteiger partial charge in [-0.25, -0.2) is 8.42 Å². The normalized spacial score (nSPS) is 17.2. The van der Waals surface area contributed by atoms with Gasteiger partial charge in [0.1, 0.15) is 4.90 Å². The number of nitrogens with zero attached hydrogens (tertiary/aromatic N) is 2. The van der Waals surface area contributed by atoms with E-state index < -0.39 is 15.9 Å². The minimum Gasteiger partial charge on any atom is -0.322 e. The van der Waals surface area contributed by atoms with Crippen LogP contribution in [0.2, 0.25) is 5.02 Å². The molecule has 2 aromatic rings. The minimum atomic E-state index is -3.74. The number of anilines is 1. The van der Waals surface area contributed by atoms with Crippen LogP contribution in [0.25, 0.3) is 0 Å². The van der Waals surface area contributed by atoms with Gasteiger partial charge >= 0.3 is 0 Å². The van der Waals surface area contributed by atoms with E-state index in [-0.39, 0.29) is 33.4 Å². The summed E-state index contributed by atoms with van der Waals surface area (Å²) in [5, 5.41) is 2.48. The van der Waals surface area contributed by atoms with Crippen molar-refractivity contribution >= 4 is 56.1 Å². The SMILES string of the molecule is O=C(Nc1ccc(Cl)c(S(=O)(=O)N2CCCC2)c1)c1cccc(CN2C(=O)CSC2=O)c1. The van der Waals surface area contributed by atoms with Gasteiger partial charge in [0.2, 0.25) is 15.9 Å². The molecule has 2 heterocycles. The second-order valence-electron chi connectivity index (χ2n) is 7.45. The summed E-state index contributed by atoms with van der Waals surface area (Å²) in [6, 6.07) is 10.9. The van der Waals surface area contributed by atoms with E-state index in [1.165, 1.54) is 22.5 Å². The molecule has 0 aliphatic carbocycles. The Kier molecular flexibility index (Phi) is 6.57. The van der Waals surface area contributed by atoms with E-state index >= 15 is 0 Å². The second-order valence-corrected chi connectivity index (χ2v) is 10.7. The lowest BCUT2D eigenvalue weighted by molar-refractivity contribution is -0.125. The highest BCUT2D eigenvalue weighted by Crippen LogP contribution is 2.30. The highest BCUT2D eigenvalue weighted by Gasteiger charge is 2.30. The molecule has 0 spiro atoms. The maximum Gasteiger partial charge on any atom is 0.289 e. The summed E-state index contributed by atoms with van der Waals surface area (Å²) in [5.41, 5.74) is 1.24.